The highest BCUT2D eigenvalue weighted by Crippen LogP contribution is 2.30. The van der Waals surface area contributed by atoms with E-state index in [9.17, 15) is 17.2 Å². The summed E-state index contributed by atoms with van der Waals surface area (Å²) in [5.74, 6) is -1.45. The van der Waals surface area contributed by atoms with Crippen molar-refractivity contribution in [2.75, 3.05) is 4.31 Å². The fourth-order valence-electron chi connectivity index (χ4n) is 2.47. The first-order valence-electron chi connectivity index (χ1n) is 7.76. The maximum absolute atomic E-state index is 14.4. The Labute approximate surface area is 165 Å². The zero-order valence-corrected chi connectivity index (χ0v) is 16.1. The zero-order valence-electron chi connectivity index (χ0n) is 13.7. The van der Waals surface area contributed by atoms with E-state index in [0.29, 0.717) is 10.6 Å². The summed E-state index contributed by atoms with van der Waals surface area (Å²) >= 11 is 11.6. The van der Waals surface area contributed by atoms with Crippen LogP contribution < -0.4 is 4.31 Å². The van der Waals surface area contributed by atoms with Gasteiger partial charge in [-0.1, -0.05) is 47.5 Å². The van der Waals surface area contributed by atoms with Gasteiger partial charge in [-0.25, -0.2) is 17.2 Å². The normalized spacial score (nSPS) is 11.4. The van der Waals surface area contributed by atoms with Gasteiger partial charge in [-0.2, -0.15) is 0 Å². The molecule has 0 saturated heterocycles. The van der Waals surface area contributed by atoms with E-state index in [4.69, 9.17) is 23.2 Å². The molecule has 0 amide bonds. The Morgan fingerprint density at radius 2 is 1.52 bits per heavy atom. The van der Waals surface area contributed by atoms with Crippen molar-refractivity contribution in [2.24, 2.45) is 0 Å². The van der Waals surface area contributed by atoms with E-state index < -0.39 is 21.7 Å². The first-order chi connectivity index (χ1) is 12.8. The molecule has 140 valence electrons. The van der Waals surface area contributed by atoms with Crippen molar-refractivity contribution in [2.45, 2.75) is 11.4 Å². The van der Waals surface area contributed by atoms with Gasteiger partial charge in [-0.3, -0.25) is 4.31 Å². The third-order valence-corrected chi connectivity index (χ3v) is 6.14. The summed E-state index contributed by atoms with van der Waals surface area (Å²) in [6.45, 7) is -0.143. The monoisotopic (exact) mass is 427 g/mol. The predicted molar refractivity (Wildman–Crippen MR) is 103 cm³/mol. The van der Waals surface area contributed by atoms with Crippen molar-refractivity contribution < 1.29 is 17.2 Å². The fourth-order valence-corrected chi connectivity index (χ4v) is 4.33. The summed E-state index contributed by atoms with van der Waals surface area (Å²) in [5.41, 5.74) is 0.465. The number of sulfonamides is 1. The molecule has 0 N–H and O–H groups in total. The minimum Gasteiger partial charge on any atom is -0.259 e. The molecule has 3 aromatic rings. The van der Waals surface area contributed by atoms with Crippen LogP contribution in [0.5, 0.6) is 0 Å². The van der Waals surface area contributed by atoms with Crippen LogP contribution in [0.25, 0.3) is 0 Å². The molecule has 0 heterocycles. The second-order valence-corrected chi connectivity index (χ2v) is 8.37. The largest absolute Gasteiger partial charge is 0.264 e. The van der Waals surface area contributed by atoms with Crippen LogP contribution in [0.3, 0.4) is 0 Å². The lowest BCUT2D eigenvalue weighted by Crippen LogP contribution is -2.31. The van der Waals surface area contributed by atoms with E-state index in [0.717, 1.165) is 28.6 Å². The molecule has 0 aliphatic heterocycles. The molecule has 3 nitrogen and oxygen atoms in total. The highest BCUT2D eigenvalue weighted by Gasteiger charge is 2.28. The molecule has 0 bridgehead atoms. The quantitative estimate of drug-likeness (QED) is 0.526. The summed E-state index contributed by atoms with van der Waals surface area (Å²) in [7, 11) is -4.21. The van der Waals surface area contributed by atoms with Crippen molar-refractivity contribution >= 4 is 38.9 Å². The molecule has 0 unspecified atom stereocenters. The Morgan fingerprint density at radius 3 is 2.15 bits per heavy atom. The van der Waals surface area contributed by atoms with Crippen LogP contribution in [-0.4, -0.2) is 8.42 Å². The number of benzene rings is 3. The Balaban J connectivity index is 2.12. The maximum Gasteiger partial charge on any atom is 0.264 e. The SMILES string of the molecule is O=S(=O)(c1ccc(F)c(Cl)c1)N(Cc1ccc(Cl)cc1)c1ccccc1F. The molecule has 0 fully saturated rings. The Kier molecular flexibility index (Phi) is 5.69. The van der Waals surface area contributed by atoms with E-state index in [2.05, 4.69) is 0 Å². The molecule has 8 heteroatoms. The van der Waals surface area contributed by atoms with Gasteiger partial charge < -0.3 is 0 Å². The van der Waals surface area contributed by atoms with Gasteiger partial charge in [0, 0.05) is 5.02 Å². The van der Waals surface area contributed by atoms with Crippen molar-refractivity contribution in [1.82, 2.24) is 0 Å². The molecule has 0 radical (unpaired) electrons. The van der Waals surface area contributed by atoms with Crippen molar-refractivity contribution in [3.8, 4) is 0 Å². The average molecular weight is 428 g/mol. The van der Waals surface area contributed by atoms with Gasteiger partial charge >= 0.3 is 0 Å². The van der Waals surface area contributed by atoms with E-state index in [1.165, 1.54) is 18.2 Å². The second-order valence-electron chi connectivity index (χ2n) is 5.67. The lowest BCUT2D eigenvalue weighted by molar-refractivity contribution is 0.583. The molecule has 0 saturated carbocycles. The van der Waals surface area contributed by atoms with Gasteiger partial charge in [-0.15, -0.1) is 0 Å². The van der Waals surface area contributed by atoms with E-state index in [-0.39, 0.29) is 22.2 Å². The Hall–Kier alpha value is -2.15. The van der Waals surface area contributed by atoms with Crippen molar-refractivity contribution in [1.29, 1.82) is 0 Å². The number of halogens is 4. The van der Waals surface area contributed by atoms with Gasteiger partial charge in [0.2, 0.25) is 0 Å². The van der Waals surface area contributed by atoms with Gasteiger partial charge in [0.05, 0.1) is 22.2 Å². The number of hydrogen-bond acceptors (Lipinski definition) is 2. The van der Waals surface area contributed by atoms with Crippen LogP contribution >= 0.6 is 23.2 Å². The zero-order chi connectivity index (χ0) is 19.6. The number of hydrogen-bond donors (Lipinski definition) is 0. The van der Waals surface area contributed by atoms with Crippen LogP contribution in [-0.2, 0) is 16.6 Å². The molecular weight excluding hydrogens is 415 g/mol. The fraction of sp³-hybridized carbons (Fsp3) is 0.0526. The predicted octanol–water partition coefficient (Wildman–Crippen LogP) is 5.67. The lowest BCUT2D eigenvalue weighted by atomic mass is 10.2. The number of rotatable bonds is 5. The Morgan fingerprint density at radius 1 is 0.852 bits per heavy atom. The van der Waals surface area contributed by atoms with Gasteiger partial charge in [0.25, 0.3) is 10.0 Å². The molecule has 0 spiro atoms. The van der Waals surface area contributed by atoms with Crippen LogP contribution in [0, 0.1) is 11.6 Å². The van der Waals surface area contributed by atoms with E-state index >= 15 is 0 Å². The molecule has 0 aliphatic rings. The van der Waals surface area contributed by atoms with Gasteiger partial charge in [0.1, 0.15) is 11.6 Å². The second kappa shape index (κ2) is 7.84. The smallest absolute Gasteiger partial charge is 0.259 e. The molecular formula is C19H13Cl2F2NO2S. The molecule has 0 atom stereocenters. The van der Waals surface area contributed by atoms with Crippen molar-refractivity contribution in [3.05, 3.63) is 94.0 Å². The summed E-state index contributed by atoms with van der Waals surface area (Å²) in [5, 5.41) is 0.153. The van der Waals surface area contributed by atoms with Crippen molar-refractivity contribution in [3.63, 3.8) is 0 Å². The van der Waals surface area contributed by atoms with Crippen LogP contribution in [0.2, 0.25) is 10.0 Å². The van der Waals surface area contributed by atoms with E-state index in [1.807, 2.05) is 0 Å². The first kappa shape index (κ1) is 19.6. The summed E-state index contributed by atoms with van der Waals surface area (Å²) in [6.07, 6.45) is 0. The van der Waals surface area contributed by atoms with Crippen LogP contribution in [0.1, 0.15) is 5.56 Å². The molecule has 0 aliphatic carbocycles. The summed E-state index contributed by atoms with van der Waals surface area (Å²) in [6, 6.07) is 15.1. The third-order valence-electron chi connectivity index (χ3n) is 3.84. The Bertz CT molecular complexity index is 1070. The minimum absolute atomic E-state index is 0.132. The number of para-hydroxylation sites is 1. The number of anilines is 1. The van der Waals surface area contributed by atoms with Gasteiger partial charge in [0.15, 0.2) is 0 Å². The van der Waals surface area contributed by atoms with Crippen LogP contribution in [0.15, 0.2) is 71.6 Å². The van der Waals surface area contributed by atoms with Crippen LogP contribution in [0.4, 0.5) is 14.5 Å². The minimum atomic E-state index is -4.21. The molecule has 27 heavy (non-hydrogen) atoms. The van der Waals surface area contributed by atoms with Gasteiger partial charge in [-0.05, 0) is 48.0 Å². The molecule has 3 rings (SSSR count). The van der Waals surface area contributed by atoms with E-state index in [1.54, 1.807) is 24.3 Å². The topological polar surface area (TPSA) is 37.4 Å². The maximum atomic E-state index is 14.4. The molecule has 0 aromatic heterocycles. The average Bonchev–Trinajstić information content (AvgIpc) is 2.64. The summed E-state index contributed by atoms with van der Waals surface area (Å²) < 4.78 is 55.1. The highest BCUT2D eigenvalue weighted by atomic mass is 35.5. The number of nitrogens with zero attached hydrogens (tertiary/aromatic N) is 1. The molecule has 3 aromatic carbocycles. The lowest BCUT2D eigenvalue weighted by Gasteiger charge is -2.25. The standard InChI is InChI=1S/C19H13Cl2F2NO2S/c20-14-7-5-13(6-8-14)12-24(19-4-2-1-3-18(19)23)27(25,26)15-9-10-17(22)16(21)11-15/h1-11H,12H2. The summed E-state index contributed by atoms with van der Waals surface area (Å²) in [4.78, 5) is -0.244. The highest BCUT2D eigenvalue weighted by molar-refractivity contribution is 7.92. The third kappa shape index (κ3) is 4.24. The first-order valence-corrected chi connectivity index (χ1v) is 9.95.